The predicted molar refractivity (Wildman–Crippen MR) is 73.8 cm³/mol. The normalized spacial score (nSPS) is 14.1. The van der Waals surface area contributed by atoms with E-state index in [2.05, 4.69) is 22.4 Å². The van der Waals surface area contributed by atoms with Gasteiger partial charge in [0.25, 0.3) is 5.91 Å². The maximum Gasteiger partial charge on any atom is 0.251 e. The molecule has 1 fully saturated rings. The van der Waals surface area contributed by atoms with Crippen LogP contribution in [0.2, 0.25) is 0 Å². The Morgan fingerprint density at radius 1 is 1.16 bits per heavy atom. The highest BCUT2D eigenvalue weighted by atomic mass is 16.1. The number of carbonyl (C=O) groups excluding carboxylic acids is 1. The highest BCUT2D eigenvalue weighted by Crippen LogP contribution is 2.39. The molecule has 3 nitrogen and oxygen atoms in total. The fourth-order valence-corrected chi connectivity index (χ4v) is 2.10. The molecule has 1 aliphatic rings. The lowest BCUT2D eigenvalue weighted by Gasteiger charge is -2.05. The van der Waals surface area contributed by atoms with Gasteiger partial charge in [-0.05, 0) is 48.6 Å². The minimum atomic E-state index is -0.0481. The van der Waals surface area contributed by atoms with Crippen molar-refractivity contribution in [1.82, 2.24) is 10.3 Å². The third kappa shape index (κ3) is 2.99. The van der Waals surface area contributed by atoms with Gasteiger partial charge in [0.1, 0.15) is 0 Å². The molecule has 0 atom stereocenters. The zero-order valence-corrected chi connectivity index (χ0v) is 10.7. The van der Waals surface area contributed by atoms with Crippen molar-refractivity contribution in [1.29, 1.82) is 0 Å². The van der Waals surface area contributed by atoms with Crippen LogP contribution in [0.5, 0.6) is 0 Å². The number of pyridine rings is 1. The molecule has 1 heterocycles. The molecule has 1 saturated carbocycles. The molecule has 0 radical (unpaired) electrons. The topological polar surface area (TPSA) is 42.0 Å². The Hall–Kier alpha value is -2.16. The zero-order chi connectivity index (χ0) is 13.1. The summed E-state index contributed by atoms with van der Waals surface area (Å²) >= 11 is 0. The summed E-state index contributed by atoms with van der Waals surface area (Å²) in [6.45, 7) is 0.462. The van der Waals surface area contributed by atoms with E-state index in [1.807, 2.05) is 30.3 Å². The molecule has 1 N–H and O–H groups in total. The van der Waals surface area contributed by atoms with E-state index in [0.29, 0.717) is 12.1 Å². The number of hydrogen-bond donors (Lipinski definition) is 1. The molecule has 19 heavy (non-hydrogen) atoms. The van der Waals surface area contributed by atoms with Crippen LogP contribution in [0.4, 0.5) is 0 Å². The van der Waals surface area contributed by atoms with Crippen LogP contribution in [0.15, 0.2) is 48.7 Å². The number of nitrogens with one attached hydrogen (secondary N) is 1. The molecule has 2 aromatic rings. The second-order valence-electron chi connectivity index (χ2n) is 4.90. The van der Waals surface area contributed by atoms with Crippen molar-refractivity contribution < 1.29 is 4.79 Å². The van der Waals surface area contributed by atoms with E-state index in [0.717, 1.165) is 11.6 Å². The number of hydrogen-bond acceptors (Lipinski definition) is 2. The van der Waals surface area contributed by atoms with Crippen LogP contribution in [0.1, 0.15) is 40.4 Å². The summed E-state index contributed by atoms with van der Waals surface area (Å²) < 4.78 is 0. The number of benzene rings is 1. The summed E-state index contributed by atoms with van der Waals surface area (Å²) in [5.74, 6) is 0.679. The van der Waals surface area contributed by atoms with Crippen molar-refractivity contribution in [2.45, 2.75) is 25.3 Å². The second-order valence-corrected chi connectivity index (χ2v) is 4.90. The minimum Gasteiger partial charge on any atom is -0.346 e. The zero-order valence-electron chi connectivity index (χ0n) is 10.7. The van der Waals surface area contributed by atoms with Crippen LogP contribution in [-0.2, 0) is 6.54 Å². The Morgan fingerprint density at radius 3 is 2.58 bits per heavy atom. The maximum atomic E-state index is 12.0. The van der Waals surface area contributed by atoms with Gasteiger partial charge in [0.2, 0.25) is 0 Å². The minimum absolute atomic E-state index is 0.0481. The van der Waals surface area contributed by atoms with Gasteiger partial charge >= 0.3 is 0 Å². The Labute approximate surface area is 112 Å². The monoisotopic (exact) mass is 252 g/mol. The Balaban J connectivity index is 1.60. The van der Waals surface area contributed by atoms with Crippen LogP contribution in [-0.4, -0.2) is 10.9 Å². The third-order valence-corrected chi connectivity index (χ3v) is 3.38. The van der Waals surface area contributed by atoms with Crippen molar-refractivity contribution in [3.8, 4) is 0 Å². The van der Waals surface area contributed by atoms with E-state index < -0.39 is 0 Å². The molecule has 0 saturated heterocycles. The summed E-state index contributed by atoms with van der Waals surface area (Å²) in [6.07, 6.45) is 4.29. The largest absolute Gasteiger partial charge is 0.346 e. The van der Waals surface area contributed by atoms with Crippen LogP contribution >= 0.6 is 0 Å². The van der Waals surface area contributed by atoms with Gasteiger partial charge in [0, 0.05) is 11.8 Å². The third-order valence-electron chi connectivity index (χ3n) is 3.38. The number of amides is 1. The van der Waals surface area contributed by atoms with Gasteiger partial charge in [-0.15, -0.1) is 0 Å². The van der Waals surface area contributed by atoms with Crippen molar-refractivity contribution >= 4 is 5.91 Å². The summed E-state index contributed by atoms with van der Waals surface area (Å²) in [7, 11) is 0. The summed E-state index contributed by atoms with van der Waals surface area (Å²) in [4.78, 5) is 16.2. The standard InChI is InChI=1S/C16H16N2O/c19-16(18-11-15-3-1-2-10-17-15)14-8-6-13(7-9-14)12-4-5-12/h1-3,6-10,12H,4-5,11H2,(H,18,19). The first-order chi connectivity index (χ1) is 9.33. The maximum absolute atomic E-state index is 12.0. The van der Waals surface area contributed by atoms with Crippen LogP contribution in [0.3, 0.4) is 0 Å². The molecule has 1 amide bonds. The molecule has 3 rings (SSSR count). The molecule has 3 heteroatoms. The number of nitrogens with zero attached hydrogens (tertiary/aromatic N) is 1. The summed E-state index contributed by atoms with van der Waals surface area (Å²) in [6, 6.07) is 13.6. The first-order valence-electron chi connectivity index (χ1n) is 6.61. The molecule has 0 spiro atoms. The highest BCUT2D eigenvalue weighted by molar-refractivity contribution is 5.94. The molecule has 0 aliphatic heterocycles. The molecule has 96 valence electrons. The van der Waals surface area contributed by atoms with Crippen LogP contribution in [0.25, 0.3) is 0 Å². The fraction of sp³-hybridized carbons (Fsp3) is 0.250. The van der Waals surface area contributed by atoms with Crippen LogP contribution in [0, 0.1) is 0 Å². The molecule has 1 aliphatic carbocycles. The van der Waals surface area contributed by atoms with Gasteiger partial charge in [-0.3, -0.25) is 9.78 Å². The van der Waals surface area contributed by atoms with Gasteiger partial charge in [-0.2, -0.15) is 0 Å². The van der Waals surface area contributed by atoms with Gasteiger partial charge < -0.3 is 5.32 Å². The smallest absolute Gasteiger partial charge is 0.251 e. The van der Waals surface area contributed by atoms with E-state index in [-0.39, 0.29) is 5.91 Å². The molecule has 0 bridgehead atoms. The van der Waals surface area contributed by atoms with Crippen molar-refractivity contribution in [2.75, 3.05) is 0 Å². The summed E-state index contributed by atoms with van der Waals surface area (Å²) in [5.41, 5.74) is 2.92. The highest BCUT2D eigenvalue weighted by Gasteiger charge is 2.23. The lowest BCUT2D eigenvalue weighted by atomic mass is 10.1. The summed E-state index contributed by atoms with van der Waals surface area (Å²) in [5, 5.41) is 2.88. The van der Waals surface area contributed by atoms with Gasteiger partial charge in [-0.1, -0.05) is 18.2 Å². The first kappa shape index (κ1) is 11.9. The number of aromatic nitrogens is 1. The van der Waals surface area contributed by atoms with E-state index in [4.69, 9.17) is 0 Å². The number of carbonyl (C=O) groups is 1. The van der Waals surface area contributed by atoms with Crippen molar-refractivity contribution in [2.24, 2.45) is 0 Å². The first-order valence-corrected chi connectivity index (χ1v) is 6.61. The fourth-order valence-electron chi connectivity index (χ4n) is 2.10. The lowest BCUT2D eigenvalue weighted by molar-refractivity contribution is 0.0950. The molecule has 1 aromatic heterocycles. The predicted octanol–water partition coefficient (Wildman–Crippen LogP) is 2.89. The second kappa shape index (κ2) is 5.22. The van der Waals surface area contributed by atoms with Crippen molar-refractivity contribution in [3.63, 3.8) is 0 Å². The molecule has 1 aromatic carbocycles. The quantitative estimate of drug-likeness (QED) is 0.909. The molecular weight excluding hydrogens is 236 g/mol. The lowest BCUT2D eigenvalue weighted by Crippen LogP contribution is -2.23. The van der Waals surface area contributed by atoms with Gasteiger partial charge in [0.15, 0.2) is 0 Å². The Morgan fingerprint density at radius 2 is 1.95 bits per heavy atom. The average Bonchev–Trinajstić information content (AvgIpc) is 3.31. The van der Waals surface area contributed by atoms with E-state index >= 15 is 0 Å². The van der Waals surface area contributed by atoms with Crippen LogP contribution < -0.4 is 5.32 Å². The molecular formula is C16H16N2O. The van der Waals surface area contributed by atoms with Gasteiger partial charge in [0.05, 0.1) is 12.2 Å². The average molecular weight is 252 g/mol. The van der Waals surface area contributed by atoms with E-state index in [1.165, 1.54) is 18.4 Å². The van der Waals surface area contributed by atoms with Gasteiger partial charge in [-0.25, -0.2) is 0 Å². The molecule has 0 unspecified atom stereocenters. The SMILES string of the molecule is O=C(NCc1ccccn1)c1ccc(C2CC2)cc1. The Kier molecular flexibility index (Phi) is 3.27. The van der Waals surface area contributed by atoms with E-state index in [9.17, 15) is 4.79 Å². The van der Waals surface area contributed by atoms with Crippen molar-refractivity contribution in [3.05, 3.63) is 65.5 Å². The number of rotatable bonds is 4. The van der Waals surface area contributed by atoms with E-state index in [1.54, 1.807) is 6.20 Å². The Bertz CT molecular complexity index is 559.